The lowest BCUT2D eigenvalue weighted by Crippen LogP contribution is -2.36. The van der Waals surface area contributed by atoms with Gasteiger partial charge in [-0.2, -0.15) is 0 Å². The lowest BCUT2D eigenvalue weighted by Gasteiger charge is -2.28. The molecule has 0 spiro atoms. The van der Waals surface area contributed by atoms with Gasteiger partial charge in [0.25, 0.3) is 0 Å². The van der Waals surface area contributed by atoms with Crippen LogP contribution in [0.5, 0.6) is 0 Å². The number of morpholine rings is 1. The topological polar surface area (TPSA) is 81.9 Å². The van der Waals surface area contributed by atoms with Crippen LogP contribution in [-0.2, 0) is 16.1 Å². The normalized spacial score (nSPS) is 14.2. The van der Waals surface area contributed by atoms with Gasteiger partial charge < -0.3 is 20.1 Å². The van der Waals surface area contributed by atoms with Gasteiger partial charge in [-0.1, -0.05) is 12.1 Å². The van der Waals surface area contributed by atoms with Crippen LogP contribution in [0, 0.1) is 0 Å². The van der Waals surface area contributed by atoms with E-state index >= 15 is 0 Å². The van der Waals surface area contributed by atoms with Gasteiger partial charge in [0.1, 0.15) is 6.61 Å². The summed E-state index contributed by atoms with van der Waals surface area (Å²) in [4.78, 5) is 25.4. The second-order valence-electron chi connectivity index (χ2n) is 5.78. The summed E-state index contributed by atoms with van der Waals surface area (Å²) in [5.74, 6) is -0.864. The van der Waals surface area contributed by atoms with Crippen molar-refractivity contribution in [1.82, 2.24) is 0 Å². The van der Waals surface area contributed by atoms with Crippen molar-refractivity contribution in [2.45, 2.75) is 6.61 Å². The van der Waals surface area contributed by atoms with Crippen LogP contribution in [0.4, 0.5) is 5.69 Å². The number of esters is 1. The highest BCUT2D eigenvalue weighted by Gasteiger charge is 2.13. The van der Waals surface area contributed by atoms with Gasteiger partial charge in [0, 0.05) is 24.3 Å². The highest BCUT2D eigenvalue weighted by Crippen LogP contribution is 2.17. The maximum Gasteiger partial charge on any atom is 0.338 e. The van der Waals surface area contributed by atoms with Crippen molar-refractivity contribution in [3.05, 3.63) is 65.2 Å². The first-order valence-electron chi connectivity index (χ1n) is 8.12. The molecule has 1 amide bonds. The zero-order valence-electron chi connectivity index (χ0n) is 13.8. The Hall–Kier alpha value is -2.86. The minimum absolute atomic E-state index is 0.142. The van der Waals surface area contributed by atoms with Crippen molar-refractivity contribution >= 4 is 17.6 Å². The lowest BCUT2D eigenvalue weighted by atomic mass is 10.1. The predicted octanol–water partition coefficient (Wildman–Crippen LogP) is 1.98. The largest absolute Gasteiger partial charge is 0.457 e. The van der Waals surface area contributed by atoms with Gasteiger partial charge in [-0.05, 0) is 42.0 Å². The van der Waals surface area contributed by atoms with E-state index in [-0.39, 0.29) is 12.6 Å². The number of carbonyl (C=O) groups excluding carboxylic acids is 2. The molecule has 1 fully saturated rings. The van der Waals surface area contributed by atoms with E-state index in [0.717, 1.165) is 37.6 Å². The molecule has 2 aromatic rings. The Bertz CT molecular complexity index is 735. The number of hydrogen-bond acceptors (Lipinski definition) is 5. The van der Waals surface area contributed by atoms with E-state index in [1.54, 1.807) is 36.4 Å². The summed E-state index contributed by atoms with van der Waals surface area (Å²) in [6, 6.07) is 14.0. The summed E-state index contributed by atoms with van der Waals surface area (Å²) in [6.07, 6.45) is 0. The average Bonchev–Trinajstić information content (AvgIpc) is 2.67. The molecule has 0 radical (unpaired) electrons. The first-order valence-corrected chi connectivity index (χ1v) is 8.12. The fourth-order valence-electron chi connectivity index (χ4n) is 2.63. The fraction of sp³-hybridized carbons (Fsp3) is 0.263. The summed E-state index contributed by atoms with van der Waals surface area (Å²) in [5.41, 5.74) is 7.99. The Labute approximate surface area is 146 Å². The quantitative estimate of drug-likeness (QED) is 0.842. The van der Waals surface area contributed by atoms with Gasteiger partial charge in [-0.15, -0.1) is 0 Å². The van der Waals surface area contributed by atoms with E-state index in [0.29, 0.717) is 11.1 Å². The monoisotopic (exact) mass is 340 g/mol. The first kappa shape index (κ1) is 17.0. The minimum atomic E-state index is -0.482. The van der Waals surface area contributed by atoms with Crippen LogP contribution in [0.25, 0.3) is 0 Å². The van der Waals surface area contributed by atoms with Gasteiger partial charge in [0.15, 0.2) is 0 Å². The summed E-state index contributed by atoms with van der Waals surface area (Å²) < 4.78 is 10.6. The molecule has 1 aliphatic rings. The minimum Gasteiger partial charge on any atom is -0.457 e. The van der Waals surface area contributed by atoms with Gasteiger partial charge in [0.2, 0.25) is 5.91 Å². The molecule has 0 aliphatic carbocycles. The number of anilines is 1. The maximum absolute atomic E-state index is 12.2. The van der Waals surface area contributed by atoms with Crippen molar-refractivity contribution in [3.8, 4) is 0 Å². The number of hydrogen-bond donors (Lipinski definition) is 1. The molecule has 3 rings (SSSR count). The Morgan fingerprint density at radius 1 is 0.960 bits per heavy atom. The maximum atomic E-state index is 12.2. The Morgan fingerprint density at radius 2 is 1.56 bits per heavy atom. The van der Waals surface area contributed by atoms with Gasteiger partial charge >= 0.3 is 5.97 Å². The second kappa shape index (κ2) is 7.81. The SMILES string of the molecule is NC(=O)c1ccc(COC(=O)c2ccc(N3CCOCC3)cc2)cc1. The van der Waals surface area contributed by atoms with Crippen molar-refractivity contribution in [2.24, 2.45) is 5.73 Å². The molecule has 6 heteroatoms. The van der Waals surface area contributed by atoms with E-state index in [9.17, 15) is 9.59 Å². The molecule has 0 aromatic heterocycles. The van der Waals surface area contributed by atoms with Crippen LogP contribution in [0.1, 0.15) is 26.3 Å². The second-order valence-corrected chi connectivity index (χ2v) is 5.78. The predicted molar refractivity (Wildman–Crippen MR) is 93.6 cm³/mol. The number of benzene rings is 2. The van der Waals surface area contributed by atoms with Crippen LogP contribution in [-0.4, -0.2) is 38.2 Å². The molecule has 0 atom stereocenters. The molecule has 1 aliphatic heterocycles. The number of nitrogens with zero attached hydrogens (tertiary/aromatic N) is 1. The van der Waals surface area contributed by atoms with E-state index in [1.165, 1.54) is 0 Å². The van der Waals surface area contributed by atoms with Gasteiger partial charge in [-0.25, -0.2) is 4.79 Å². The third kappa shape index (κ3) is 4.36. The number of nitrogens with two attached hydrogens (primary N) is 1. The van der Waals surface area contributed by atoms with Crippen LogP contribution in [0.15, 0.2) is 48.5 Å². The molecule has 6 nitrogen and oxygen atoms in total. The van der Waals surface area contributed by atoms with E-state index < -0.39 is 5.91 Å². The molecule has 25 heavy (non-hydrogen) atoms. The van der Waals surface area contributed by atoms with E-state index in [2.05, 4.69) is 4.90 Å². The molecule has 0 saturated carbocycles. The first-order chi connectivity index (χ1) is 12.1. The van der Waals surface area contributed by atoms with E-state index in [4.69, 9.17) is 15.2 Å². The van der Waals surface area contributed by atoms with Crippen LogP contribution in [0.2, 0.25) is 0 Å². The molecule has 1 saturated heterocycles. The summed E-state index contributed by atoms with van der Waals surface area (Å²) >= 11 is 0. The standard InChI is InChI=1S/C19H20N2O4/c20-18(22)15-3-1-14(2-4-15)13-25-19(23)16-5-7-17(8-6-16)21-9-11-24-12-10-21/h1-8H,9-13H2,(H2,20,22). The zero-order chi connectivity index (χ0) is 17.6. The Kier molecular flexibility index (Phi) is 5.30. The smallest absolute Gasteiger partial charge is 0.338 e. The van der Waals surface area contributed by atoms with Crippen LogP contribution >= 0.6 is 0 Å². The number of primary amides is 1. The molecular weight excluding hydrogens is 320 g/mol. The summed E-state index contributed by atoms with van der Waals surface area (Å²) in [5, 5.41) is 0. The molecule has 0 bridgehead atoms. The van der Waals surface area contributed by atoms with Crippen molar-refractivity contribution in [3.63, 3.8) is 0 Å². The van der Waals surface area contributed by atoms with Crippen molar-refractivity contribution in [1.29, 1.82) is 0 Å². The zero-order valence-corrected chi connectivity index (χ0v) is 13.8. The van der Waals surface area contributed by atoms with Crippen LogP contribution in [0.3, 0.4) is 0 Å². The lowest BCUT2D eigenvalue weighted by molar-refractivity contribution is 0.0472. The number of carbonyl (C=O) groups is 2. The molecule has 2 aromatic carbocycles. The van der Waals surface area contributed by atoms with Crippen molar-refractivity contribution < 1.29 is 19.1 Å². The van der Waals surface area contributed by atoms with E-state index in [1.807, 2.05) is 12.1 Å². The number of amides is 1. The Morgan fingerprint density at radius 3 is 2.16 bits per heavy atom. The molecule has 2 N–H and O–H groups in total. The number of ether oxygens (including phenoxy) is 2. The number of rotatable bonds is 5. The molecule has 0 unspecified atom stereocenters. The van der Waals surface area contributed by atoms with Gasteiger partial charge in [-0.3, -0.25) is 4.79 Å². The summed E-state index contributed by atoms with van der Waals surface area (Å²) in [6.45, 7) is 3.29. The fourth-order valence-corrected chi connectivity index (χ4v) is 2.63. The summed E-state index contributed by atoms with van der Waals surface area (Å²) in [7, 11) is 0. The van der Waals surface area contributed by atoms with Gasteiger partial charge in [0.05, 0.1) is 18.8 Å². The average molecular weight is 340 g/mol. The van der Waals surface area contributed by atoms with Crippen molar-refractivity contribution in [2.75, 3.05) is 31.2 Å². The molecule has 1 heterocycles. The third-order valence-corrected chi connectivity index (χ3v) is 4.09. The highest BCUT2D eigenvalue weighted by atomic mass is 16.5. The van der Waals surface area contributed by atoms with Crippen LogP contribution < -0.4 is 10.6 Å². The molecular formula is C19H20N2O4. The third-order valence-electron chi connectivity index (χ3n) is 4.09. The molecule has 130 valence electrons. The Balaban J connectivity index is 1.56. The highest BCUT2D eigenvalue weighted by molar-refractivity contribution is 5.92.